The number of aliphatic hydroxyl groups excluding tert-OH is 1. The summed E-state index contributed by atoms with van der Waals surface area (Å²) in [4.78, 5) is 42.7. The molecule has 0 aromatic heterocycles. The van der Waals surface area contributed by atoms with Crippen LogP contribution in [-0.4, -0.2) is 40.0 Å². The lowest BCUT2D eigenvalue weighted by Crippen LogP contribution is -2.40. The Kier molecular flexibility index (Phi) is 4.59. The minimum atomic E-state index is -2.21. The number of hydrogen-bond donors (Lipinski definition) is 2. The summed E-state index contributed by atoms with van der Waals surface area (Å²) in [6.07, 6.45) is -2.21. The minimum Gasteiger partial charge on any atom is -0.479 e. The molecule has 0 spiro atoms. The van der Waals surface area contributed by atoms with Crippen LogP contribution in [0.2, 0.25) is 0 Å². The molecule has 0 saturated heterocycles. The molecule has 0 fully saturated rings. The molecule has 0 aromatic rings. The van der Waals surface area contributed by atoms with Gasteiger partial charge in [0.25, 0.3) is 0 Å². The molecule has 0 aliphatic rings. The fourth-order valence-electron chi connectivity index (χ4n) is 0.865. The Labute approximate surface area is 84.6 Å². The third-order valence-corrected chi connectivity index (χ3v) is 1.50. The van der Waals surface area contributed by atoms with Gasteiger partial charge in [0.15, 0.2) is 12.0 Å². The molecule has 0 heterocycles. The van der Waals surface area contributed by atoms with Crippen molar-refractivity contribution in [1.29, 1.82) is 0 Å². The van der Waals surface area contributed by atoms with Gasteiger partial charge in [-0.2, -0.15) is 0 Å². The van der Waals surface area contributed by atoms with Gasteiger partial charge in [-0.25, -0.2) is 4.79 Å². The summed E-state index contributed by atoms with van der Waals surface area (Å²) in [5, 5.41) is 17.4. The topological polar surface area (TPSA) is 118 Å². The molecule has 0 rings (SSSR count). The standard InChI is InChI=1S/C8H10O7/c1-3(9)5(6(11)7(12)13)8(14)15-4(2)10/h5-6,11H,1-2H3,(H,12,13). The zero-order valence-electron chi connectivity index (χ0n) is 8.09. The molecule has 84 valence electrons. The van der Waals surface area contributed by atoms with Gasteiger partial charge in [-0.3, -0.25) is 14.4 Å². The molecule has 15 heavy (non-hydrogen) atoms. The highest BCUT2D eigenvalue weighted by molar-refractivity contribution is 6.04. The molecule has 0 amide bonds. The minimum absolute atomic E-state index is 0.892. The van der Waals surface area contributed by atoms with E-state index in [1.54, 1.807) is 0 Å². The van der Waals surface area contributed by atoms with Crippen molar-refractivity contribution in [2.24, 2.45) is 5.92 Å². The van der Waals surface area contributed by atoms with E-state index in [9.17, 15) is 19.2 Å². The molecule has 0 bridgehead atoms. The van der Waals surface area contributed by atoms with Gasteiger partial charge in [0, 0.05) is 6.92 Å². The number of carbonyl (C=O) groups is 4. The maximum absolute atomic E-state index is 11.1. The average molecular weight is 218 g/mol. The van der Waals surface area contributed by atoms with Gasteiger partial charge in [0.2, 0.25) is 0 Å². The van der Waals surface area contributed by atoms with E-state index in [4.69, 9.17) is 10.2 Å². The fraction of sp³-hybridized carbons (Fsp3) is 0.500. The molecule has 0 radical (unpaired) electrons. The zero-order valence-corrected chi connectivity index (χ0v) is 8.09. The van der Waals surface area contributed by atoms with Crippen LogP contribution in [0, 0.1) is 5.92 Å². The van der Waals surface area contributed by atoms with Gasteiger partial charge < -0.3 is 14.9 Å². The molecular weight excluding hydrogens is 208 g/mol. The van der Waals surface area contributed by atoms with Gasteiger partial charge in [0.1, 0.15) is 5.78 Å². The molecule has 7 nitrogen and oxygen atoms in total. The highest BCUT2D eigenvalue weighted by Crippen LogP contribution is 2.09. The molecule has 2 unspecified atom stereocenters. The second kappa shape index (κ2) is 5.20. The second-order valence-corrected chi connectivity index (χ2v) is 2.78. The van der Waals surface area contributed by atoms with Gasteiger partial charge in [-0.15, -0.1) is 0 Å². The maximum Gasteiger partial charge on any atom is 0.333 e. The van der Waals surface area contributed by atoms with E-state index in [0.29, 0.717) is 0 Å². The van der Waals surface area contributed by atoms with Gasteiger partial charge >= 0.3 is 17.9 Å². The zero-order chi connectivity index (χ0) is 12.2. The van der Waals surface area contributed by atoms with E-state index >= 15 is 0 Å². The first-order chi connectivity index (χ1) is 6.77. The van der Waals surface area contributed by atoms with Crippen LogP contribution < -0.4 is 0 Å². The number of carbonyl (C=O) groups excluding carboxylic acids is 3. The number of carboxylic acid groups (broad SMARTS) is 1. The first kappa shape index (κ1) is 13.2. The van der Waals surface area contributed by atoms with Crippen molar-refractivity contribution in [2.45, 2.75) is 20.0 Å². The van der Waals surface area contributed by atoms with Crippen LogP contribution >= 0.6 is 0 Å². The third-order valence-electron chi connectivity index (χ3n) is 1.50. The number of hydrogen-bond acceptors (Lipinski definition) is 6. The quantitative estimate of drug-likeness (QED) is 0.446. The lowest BCUT2D eigenvalue weighted by molar-refractivity contribution is -0.170. The molecule has 0 saturated carbocycles. The van der Waals surface area contributed by atoms with Crippen LogP contribution in [0.3, 0.4) is 0 Å². The summed E-state index contributed by atoms with van der Waals surface area (Å²) >= 11 is 0. The van der Waals surface area contributed by atoms with Crippen molar-refractivity contribution in [3.63, 3.8) is 0 Å². The lowest BCUT2D eigenvalue weighted by atomic mass is 9.98. The number of ether oxygens (including phenoxy) is 1. The summed E-state index contributed by atoms with van der Waals surface area (Å²) in [6.45, 7) is 1.83. The Morgan fingerprint density at radius 2 is 1.60 bits per heavy atom. The summed E-state index contributed by atoms with van der Waals surface area (Å²) < 4.78 is 4.02. The number of aliphatic hydroxyl groups is 1. The van der Waals surface area contributed by atoms with Crippen LogP contribution in [0.5, 0.6) is 0 Å². The number of esters is 2. The van der Waals surface area contributed by atoms with Crippen LogP contribution in [0.4, 0.5) is 0 Å². The number of Topliss-reactive ketones (excluding diaryl/α,β-unsaturated/α-hetero) is 1. The fourth-order valence-corrected chi connectivity index (χ4v) is 0.865. The van der Waals surface area contributed by atoms with Crippen molar-refractivity contribution < 1.29 is 34.1 Å². The van der Waals surface area contributed by atoms with Crippen molar-refractivity contribution in [3.05, 3.63) is 0 Å². The first-order valence-electron chi connectivity index (χ1n) is 3.91. The summed E-state index contributed by atoms with van der Waals surface area (Å²) in [5.41, 5.74) is 0. The Morgan fingerprint density at radius 3 is 1.87 bits per heavy atom. The Bertz CT molecular complexity index is 306. The van der Waals surface area contributed by atoms with E-state index < -0.39 is 35.7 Å². The highest BCUT2D eigenvalue weighted by atomic mass is 16.6. The highest BCUT2D eigenvalue weighted by Gasteiger charge is 2.37. The van der Waals surface area contributed by atoms with E-state index in [1.165, 1.54) is 0 Å². The Morgan fingerprint density at radius 1 is 1.13 bits per heavy atom. The van der Waals surface area contributed by atoms with Crippen molar-refractivity contribution >= 4 is 23.7 Å². The predicted octanol–water partition coefficient (Wildman–Crippen LogP) is -1.27. The molecule has 2 N–H and O–H groups in total. The number of ketones is 1. The molecule has 7 heteroatoms. The van der Waals surface area contributed by atoms with E-state index in [1.807, 2.05) is 0 Å². The number of aliphatic carboxylic acids is 1. The molecular formula is C8H10O7. The first-order valence-corrected chi connectivity index (χ1v) is 3.91. The summed E-state index contributed by atoms with van der Waals surface area (Å²) in [5.74, 6) is -6.87. The van der Waals surface area contributed by atoms with Crippen molar-refractivity contribution in [2.75, 3.05) is 0 Å². The summed E-state index contributed by atoms with van der Waals surface area (Å²) in [7, 11) is 0. The van der Waals surface area contributed by atoms with Crippen molar-refractivity contribution in [3.8, 4) is 0 Å². The van der Waals surface area contributed by atoms with Crippen molar-refractivity contribution in [1.82, 2.24) is 0 Å². The second-order valence-electron chi connectivity index (χ2n) is 2.78. The average Bonchev–Trinajstić information content (AvgIpc) is 2.01. The largest absolute Gasteiger partial charge is 0.479 e. The Balaban J connectivity index is 4.82. The van der Waals surface area contributed by atoms with Gasteiger partial charge in [-0.05, 0) is 6.92 Å². The van der Waals surface area contributed by atoms with Crippen LogP contribution in [-0.2, 0) is 23.9 Å². The Hall–Kier alpha value is -1.76. The van der Waals surface area contributed by atoms with E-state index in [-0.39, 0.29) is 0 Å². The smallest absolute Gasteiger partial charge is 0.333 e. The molecule has 0 aromatic carbocycles. The van der Waals surface area contributed by atoms with Crippen LogP contribution in [0.15, 0.2) is 0 Å². The molecule has 0 aliphatic carbocycles. The third kappa shape index (κ3) is 3.86. The van der Waals surface area contributed by atoms with Crippen LogP contribution in [0.25, 0.3) is 0 Å². The monoisotopic (exact) mass is 218 g/mol. The normalized spacial score (nSPS) is 13.8. The predicted molar refractivity (Wildman–Crippen MR) is 44.6 cm³/mol. The summed E-state index contributed by atoms with van der Waals surface area (Å²) in [6, 6.07) is 0. The van der Waals surface area contributed by atoms with Crippen LogP contribution in [0.1, 0.15) is 13.8 Å². The molecule has 2 atom stereocenters. The lowest BCUT2D eigenvalue weighted by Gasteiger charge is -2.14. The van der Waals surface area contributed by atoms with E-state index in [2.05, 4.69) is 4.74 Å². The van der Waals surface area contributed by atoms with Gasteiger partial charge in [-0.1, -0.05) is 0 Å². The number of rotatable bonds is 4. The number of carboxylic acids is 1. The maximum atomic E-state index is 11.1. The molecule has 0 aliphatic heterocycles. The van der Waals surface area contributed by atoms with E-state index in [0.717, 1.165) is 13.8 Å². The SMILES string of the molecule is CC(=O)OC(=O)C(C(C)=O)C(O)C(=O)O. The van der Waals surface area contributed by atoms with Gasteiger partial charge in [0.05, 0.1) is 0 Å².